The van der Waals surface area contributed by atoms with Gasteiger partial charge >= 0.3 is 12.0 Å². The van der Waals surface area contributed by atoms with E-state index in [0.29, 0.717) is 5.69 Å². The lowest BCUT2D eigenvalue weighted by molar-refractivity contribution is -0.142. The van der Waals surface area contributed by atoms with Crippen molar-refractivity contribution in [1.82, 2.24) is 5.32 Å². The van der Waals surface area contributed by atoms with Crippen molar-refractivity contribution in [3.8, 4) is 0 Å². The molecule has 0 bridgehead atoms. The van der Waals surface area contributed by atoms with Crippen LogP contribution in [0.15, 0.2) is 24.3 Å². The Kier molecular flexibility index (Phi) is 3.67. The molecule has 1 rings (SSSR count). The molecule has 0 aliphatic rings. The minimum Gasteiger partial charge on any atom is -0.480 e. The number of carbonyl (C=O) groups is 2. The zero-order valence-electron chi connectivity index (χ0n) is 9.45. The van der Waals surface area contributed by atoms with E-state index < -0.39 is 23.4 Å². The van der Waals surface area contributed by atoms with Crippen molar-refractivity contribution < 1.29 is 19.1 Å². The number of carboxylic acid groups (broad SMARTS) is 1. The predicted molar refractivity (Wildman–Crippen MR) is 60.3 cm³/mol. The quantitative estimate of drug-likeness (QED) is 0.753. The monoisotopic (exact) mass is 240 g/mol. The average molecular weight is 240 g/mol. The molecular formula is C11H13FN2O3. The van der Waals surface area contributed by atoms with E-state index in [4.69, 9.17) is 5.11 Å². The third-order valence-electron chi connectivity index (χ3n) is 2.06. The van der Waals surface area contributed by atoms with Crippen molar-refractivity contribution in [2.75, 3.05) is 5.32 Å². The minimum absolute atomic E-state index is 0.380. The molecule has 0 heterocycles. The van der Waals surface area contributed by atoms with E-state index in [-0.39, 0.29) is 0 Å². The standard InChI is InChI=1S/C11H13FN2O3/c1-11(2,9(15)16)14-10(17)13-8-5-3-7(12)4-6-8/h3-6H,1-2H3,(H,15,16)(H2,13,14,17). The van der Waals surface area contributed by atoms with Gasteiger partial charge in [0, 0.05) is 5.69 Å². The smallest absolute Gasteiger partial charge is 0.328 e. The summed E-state index contributed by atoms with van der Waals surface area (Å²) in [5.41, 5.74) is -0.991. The number of nitrogens with one attached hydrogen (secondary N) is 2. The SMILES string of the molecule is CC(C)(NC(=O)Nc1ccc(F)cc1)C(=O)O. The van der Waals surface area contributed by atoms with Gasteiger partial charge in [0.1, 0.15) is 11.4 Å². The molecular weight excluding hydrogens is 227 g/mol. The van der Waals surface area contributed by atoms with Gasteiger partial charge in [0.15, 0.2) is 0 Å². The normalized spacial score (nSPS) is 10.8. The van der Waals surface area contributed by atoms with E-state index >= 15 is 0 Å². The van der Waals surface area contributed by atoms with Crippen LogP contribution < -0.4 is 10.6 Å². The van der Waals surface area contributed by atoms with Crippen LogP contribution in [0, 0.1) is 5.82 Å². The molecule has 0 spiro atoms. The first-order chi connectivity index (χ1) is 7.81. The van der Waals surface area contributed by atoms with Gasteiger partial charge < -0.3 is 15.7 Å². The molecule has 0 radical (unpaired) electrons. The highest BCUT2D eigenvalue weighted by molar-refractivity contribution is 5.93. The van der Waals surface area contributed by atoms with Gasteiger partial charge in [-0.1, -0.05) is 0 Å². The second-order valence-electron chi connectivity index (χ2n) is 4.02. The van der Waals surface area contributed by atoms with Crippen molar-refractivity contribution >= 4 is 17.7 Å². The van der Waals surface area contributed by atoms with Crippen LogP contribution in [0.5, 0.6) is 0 Å². The van der Waals surface area contributed by atoms with Crippen molar-refractivity contribution in [2.24, 2.45) is 0 Å². The summed E-state index contributed by atoms with van der Waals surface area (Å²) < 4.78 is 12.6. The average Bonchev–Trinajstić information content (AvgIpc) is 2.20. The third kappa shape index (κ3) is 3.75. The predicted octanol–water partition coefficient (Wildman–Crippen LogP) is 1.81. The number of aliphatic carboxylic acids is 1. The van der Waals surface area contributed by atoms with Crippen LogP contribution in [0.4, 0.5) is 14.9 Å². The number of carboxylic acids is 1. The minimum atomic E-state index is -1.37. The van der Waals surface area contributed by atoms with Crippen LogP contribution >= 0.6 is 0 Å². The summed E-state index contributed by atoms with van der Waals surface area (Å²) in [5, 5.41) is 13.5. The lowest BCUT2D eigenvalue weighted by Gasteiger charge is -2.21. The summed E-state index contributed by atoms with van der Waals surface area (Å²) in [6.07, 6.45) is 0. The summed E-state index contributed by atoms with van der Waals surface area (Å²) in [5.74, 6) is -1.56. The fourth-order valence-corrected chi connectivity index (χ4v) is 1.03. The third-order valence-corrected chi connectivity index (χ3v) is 2.06. The Balaban J connectivity index is 2.62. The van der Waals surface area contributed by atoms with E-state index in [2.05, 4.69) is 10.6 Å². The maximum atomic E-state index is 12.6. The molecule has 0 aliphatic carbocycles. The van der Waals surface area contributed by atoms with E-state index in [0.717, 1.165) is 0 Å². The molecule has 0 fully saturated rings. The summed E-state index contributed by atoms with van der Waals surface area (Å²) in [7, 11) is 0. The summed E-state index contributed by atoms with van der Waals surface area (Å²) in [6.45, 7) is 2.72. The fraction of sp³-hybridized carbons (Fsp3) is 0.273. The Morgan fingerprint density at radius 1 is 1.24 bits per heavy atom. The first kappa shape index (κ1) is 13.0. The molecule has 0 saturated heterocycles. The largest absolute Gasteiger partial charge is 0.480 e. The number of anilines is 1. The highest BCUT2D eigenvalue weighted by Crippen LogP contribution is 2.09. The molecule has 0 aliphatic heterocycles. The van der Waals surface area contributed by atoms with Gasteiger partial charge in [-0.3, -0.25) is 0 Å². The van der Waals surface area contributed by atoms with Crippen molar-refractivity contribution in [1.29, 1.82) is 0 Å². The zero-order chi connectivity index (χ0) is 13.1. The Labute approximate surface area is 97.6 Å². The number of hydrogen-bond acceptors (Lipinski definition) is 2. The molecule has 0 unspecified atom stereocenters. The highest BCUT2D eigenvalue weighted by atomic mass is 19.1. The van der Waals surface area contributed by atoms with Gasteiger partial charge in [-0.15, -0.1) is 0 Å². The van der Waals surface area contributed by atoms with Gasteiger partial charge in [-0.05, 0) is 38.1 Å². The van der Waals surface area contributed by atoms with Crippen LogP contribution in [0.1, 0.15) is 13.8 Å². The number of amides is 2. The fourth-order valence-electron chi connectivity index (χ4n) is 1.03. The molecule has 6 heteroatoms. The lowest BCUT2D eigenvalue weighted by Crippen LogP contribution is -2.51. The van der Waals surface area contributed by atoms with Crippen molar-refractivity contribution in [3.05, 3.63) is 30.1 Å². The molecule has 2 amide bonds. The van der Waals surface area contributed by atoms with Crippen molar-refractivity contribution in [3.63, 3.8) is 0 Å². The molecule has 92 valence electrons. The second-order valence-corrected chi connectivity index (χ2v) is 4.02. The molecule has 5 nitrogen and oxygen atoms in total. The number of hydrogen-bond donors (Lipinski definition) is 3. The Hall–Kier alpha value is -2.11. The number of rotatable bonds is 3. The van der Waals surface area contributed by atoms with Crippen LogP contribution in [0.3, 0.4) is 0 Å². The highest BCUT2D eigenvalue weighted by Gasteiger charge is 2.28. The van der Waals surface area contributed by atoms with Gasteiger partial charge in [0.2, 0.25) is 0 Å². The second kappa shape index (κ2) is 4.82. The number of halogens is 1. The molecule has 17 heavy (non-hydrogen) atoms. The van der Waals surface area contributed by atoms with Crippen LogP contribution in [0.2, 0.25) is 0 Å². The molecule has 0 saturated carbocycles. The lowest BCUT2D eigenvalue weighted by atomic mass is 10.1. The zero-order valence-corrected chi connectivity index (χ0v) is 9.45. The van der Waals surface area contributed by atoms with E-state index in [1.807, 2.05) is 0 Å². The number of urea groups is 1. The maximum Gasteiger partial charge on any atom is 0.328 e. The Bertz CT molecular complexity index is 429. The molecule has 3 N–H and O–H groups in total. The van der Waals surface area contributed by atoms with Crippen LogP contribution in [0.25, 0.3) is 0 Å². The van der Waals surface area contributed by atoms with Crippen molar-refractivity contribution in [2.45, 2.75) is 19.4 Å². The molecule has 1 aromatic carbocycles. The van der Waals surface area contributed by atoms with Crippen LogP contribution in [-0.4, -0.2) is 22.6 Å². The Morgan fingerprint density at radius 3 is 2.24 bits per heavy atom. The molecule has 0 atom stereocenters. The summed E-state index contributed by atoms with van der Waals surface area (Å²) in [6, 6.07) is 4.48. The summed E-state index contributed by atoms with van der Waals surface area (Å²) >= 11 is 0. The van der Waals surface area contributed by atoms with E-state index in [9.17, 15) is 14.0 Å². The maximum absolute atomic E-state index is 12.6. The first-order valence-corrected chi connectivity index (χ1v) is 4.89. The first-order valence-electron chi connectivity index (χ1n) is 4.89. The summed E-state index contributed by atoms with van der Waals surface area (Å²) in [4.78, 5) is 22.2. The molecule has 0 aromatic heterocycles. The van der Waals surface area contributed by atoms with E-state index in [1.54, 1.807) is 0 Å². The molecule has 1 aromatic rings. The number of carbonyl (C=O) groups excluding carboxylic acids is 1. The Morgan fingerprint density at radius 2 is 1.76 bits per heavy atom. The topological polar surface area (TPSA) is 78.4 Å². The number of benzene rings is 1. The van der Waals surface area contributed by atoms with Gasteiger partial charge in [0.25, 0.3) is 0 Å². The van der Waals surface area contributed by atoms with Gasteiger partial charge in [-0.25, -0.2) is 14.0 Å². The van der Waals surface area contributed by atoms with Gasteiger partial charge in [0.05, 0.1) is 0 Å². The van der Waals surface area contributed by atoms with Gasteiger partial charge in [-0.2, -0.15) is 0 Å². The van der Waals surface area contributed by atoms with Crippen LogP contribution in [-0.2, 0) is 4.79 Å². The van der Waals surface area contributed by atoms with E-state index in [1.165, 1.54) is 38.1 Å².